The Kier molecular flexibility index (Phi) is 7.61. The zero-order chi connectivity index (χ0) is 28.7. The first-order valence-electron chi connectivity index (χ1n) is 12.8. The van der Waals surface area contributed by atoms with Crippen LogP contribution in [0.2, 0.25) is 0 Å². The lowest BCUT2D eigenvalue weighted by Gasteiger charge is -2.55. The molecule has 1 amide bonds. The first-order chi connectivity index (χ1) is 18.5. The van der Waals surface area contributed by atoms with Crippen molar-refractivity contribution in [3.05, 3.63) is 23.3 Å². The maximum atomic E-state index is 13.8. The molecule has 0 aromatic heterocycles. The lowest BCUT2D eigenvalue weighted by Crippen LogP contribution is -2.65. The van der Waals surface area contributed by atoms with E-state index in [1.807, 2.05) is 13.8 Å². The highest BCUT2D eigenvalue weighted by Gasteiger charge is 2.77. The standard InChI is InChI=1S/C27H33NO11/c1-6-37-24(33)26-12-16(29)7-8-27(26)17-11-20(36-5)19(35-4)10-15(17)9-18(28(27)22(31)21(26)30)23(32)39-25(34)38-13-14(2)3/h10-11,14,18,21,30H,6-9,12-13H2,1-5H3/t18-,21-,26+,27-/m0/s1. The van der Waals surface area contributed by atoms with Crippen molar-refractivity contribution in [1.29, 1.82) is 0 Å². The zero-order valence-corrected chi connectivity index (χ0v) is 22.6. The third-order valence-corrected chi connectivity index (χ3v) is 7.74. The van der Waals surface area contributed by atoms with Crippen molar-refractivity contribution in [2.24, 2.45) is 11.3 Å². The van der Waals surface area contributed by atoms with Crippen molar-refractivity contribution in [2.45, 2.75) is 64.1 Å². The number of Topliss-reactive ketones (excluding diaryl/α,β-unsaturated/α-hetero) is 1. The van der Waals surface area contributed by atoms with Crippen LogP contribution in [0.3, 0.4) is 0 Å². The molecule has 2 heterocycles. The molecule has 212 valence electrons. The average Bonchev–Trinajstić information content (AvgIpc) is 3.11. The molecule has 1 aromatic rings. The maximum Gasteiger partial charge on any atom is 0.516 e. The van der Waals surface area contributed by atoms with Crippen LogP contribution < -0.4 is 9.47 Å². The number of hydrogen-bond acceptors (Lipinski definition) is 11. The number of esters is 2. The van der Waals surface area contributed by atoms with Gasteiger partial charge in [0.2, 0.25) is 0 Å². The van der Waals surface area contributed by atoms with Gasteiger partial charge in [-0.1, -0.05) is 13.8 Å². The minimum Gasteiger partial charge on any atom is -0.493 e. The minimum absolute atomic E-state index is 0.00991. The molecule has 12 heteroatoms. The molecule has 1 saturated heterocycles. The fourth-order valence-corrected chi connectivity index (χ4v) is 6.19. The summed E-state index contributed by atoms with van der Waals surface area (Å²) >= 11 is 0. The maximum absolute atomic E-state index is 13.8. The Hall–Kier alpha value is -3.67. The van der Waals surface area contributed by atoms with Gasteiger partial charge in [0.25, 0.3) is 5.91 Å². The number of ether oxygens (including phenoxy) is 5. The summed E-state index contributed by atoms with van der Waals surface area (Å²) < 4.78 is 26.2. The van der Waals surface area contributed by atoms with Crippen LogP contribution >= 0.6 is 0 Å². The molecule has 1 N–H and O–H groups in total. The van der Waals surface area contributed by atoms with Crippen LogP contribution in [0.4, 0.5) is 4.79 Å². The first-order valence-corrected chi connectivity index (χ1v) is 12.8. The second-order valence-corrected chi connectivity index (χ2v) is 10.3. The summed E-state index contributed by atoms with van der Waals surface area (Å²) in [6, 6.07) is 1.78. The van der Waals surface area contributed by atoms with Gasteiger partial charge in [0.05, 0.1) is 33.0 Å². The summed E-state index contributed by atoms with van der Waals surface area (Å²) in [5, 5.41) is 11.4. The Morgan fingerprint density at radius 1 is 1.10 bits per heavy atom. The highest BCUT2D eigenvalue weighted by atomic mass is 16.7. The summed E-state index contributed by atoms with van der Waals surface area (Å²) in [6.07, 6.45) is -3.96. The van der Waals surface area contributed by atoms with Gasteiger partial charge < -0.3 is 33.7 Å². The lowest BCUT2D eigenvalue weighted by atomic mass is 9.55. The number of carbonyl (C=O) groups is 5. The summed E-state index contributed by atoms with van der Waals surface area (Å²) in [5.41, 5.74) is -2.83. The van der Waals surface area contributed by atoms with Gasteiger partial charge in [0.1, 0.15) is 17.2 Å². The molecule has 12 nitrogen and oxygen atoms in total. The number of benzene rings is 1. The fourth-order valence-electron chi connectivity index (χ4n) is 6.19. The largest absolute Gasteiger partial charge is 0.516 e. The van der Waals surface area contributed by atoms with Gasteiger partial charge in [-0.05, 0) is 42.5 Å². The number of methoxy groups -OCH3 is 2. The Bertz CT molecular complexity index is 1210. The molecule has 0 radical (unpaired) electrons. The molecule has 0 bridgehead atoms. The predicted molar refractivity (Wildman–Crippen MR) is 132 cm³/mol. The van der Waals surface area contributed by atoms with E-state index in [9.17, 15) is 29.1 Å². The van der Waals surface area contributed by atoms with Gasteiger partial charge in [0, 0.05) is 19.3 Å². The van der Waals surface area contributed by atoms with E-state index in [0.29, 0.717) is 16.9 Å². The molecule has 2 fully saturated rings. The quantitative estimate of drug-likeness (QED) is 0.391. The van der Waals surface area contributed by atoms with Gasteiger partial charge in [-0.25, -0.2) is 9.59 Å². The van der Waals surface area contributed by atoms with Crippen LogP contribution in [0.25, 0.3) is 0 Å². The average molecular weight is 548 g/mol. The van der Waals surface area contributed by atoms with Crippen LogP contribution in [0, 0.1) is 11.3 Å². The van der Waals surface area contributed by atoms with Crippen molar-refractivity contribution in [1.82, 2.24) is 4.90 Å². The van der Waals surface area contributed by atoms with Crippen molar-refractivity contribution in [3.8, 4) is 11.5 Å². The molecule has 1 saturated carbocycles. The number of carbonyl (C=O) groups excluding carboxylic acids is 5. The fraction of sp³-hybridized carbons (Fsp3) is 0.593. The third-order valence-electron chi connectivity index (χ3n) is 7.74. The molecule has 1 spiro atoms. The summed E-state index contributed by atoms with van der Waals surface area (Å²) in [5.74, 6) is -2.73. The number of aliphatic hydroxyl groups excluding tert-OH is 1. The van der Waals surface area contributed by atoms with Crippen LogP contribution in [0.15, 0.2) is 12.1 Å². The molecular formula is C27H33NO11. The van der Waals surface area contributed by atoms with E-state index in [1.165, 1.54) is 14.2 Å². The molecule has 4 atom stereocenters. The molecule has 1 aromatic carbocycles. The molecule has 39 heavy (non-hydrogen) atoms. The normalized spacial score (nSPS) is 27.3. The van der Waals surface area contributed by atoms with E-state index in [2.05, 4.69) is 0 Å². The third kappa shape index (κ3) is 4.21. The van der Waals surface area contributed by atoms with Crippen LogP contribution in [-0.2, 0) is 45.3 Å². The summed E-state index contributed by atoms with van der Waals surface area (Å²) in [4.78, 5) is 67.1. The SMILES string of the molecule is CCOC(=O)[C@]12CC(=O)CC[C@]13c1cc(OC)c(OC)cc1C[C@@H](C(=O)OC(=O)OCC(C)C)N3C(=O)[C@@H]2O. The van der Waals surface area contributed by atoms with E-state index >= 15 is 0 Å². The Morgan fingerprint density at radius 3 is 2.38 bits per heavy atom. The lowest BCUT2D eigenvalue weighted by molar-refractivity contribution is -0.180. The van der Waals surface area contributed by atoms with E-state index in [1.54, 1.807) is 19.1 Å². The second-order valence-electron chi connectivity index (χ2n) is 10.3. The van der Waals surface area contributed by atoms with Gasteiger partial charge in [-0.3, -0.25) is 14.4 Å². The molecule has 4 rings (SSSR count). The van der Waals surface area contributed by atoms with E-state index in [0.717, 1.165) is 4.90 Å². The summed E-state index contributed by atoms with van der Waals surface area (Å²) in [7, 11) is 2.85. The number of nitrogens with zero attached hydrogens (tertiary/aromatic N) is 1. The first kappa shape index (κ1) is 28.3. The summed E-state index contributed by atoms with van der Waals surface area (Å²) in [6.45, 7) is 5.12. The smallest absolute Gasteiger partial charge is 0.493 e. The zero-order valence-electron chi connectivity index (χ0n) is 22.6. The number of ketones is 1. The van der Waals surface area contributed by atoms with Crippen LogP contribution in [0.1, 0.15) is 51.2 Å². The molecule has 2 aliphatic heterocycles. The predicted octanol–water partition coefficient (Wildman–Crippen LogP) is 1.67. The molecule has 0 unspecified atom stereocenters. The topological polar surface area (TPSA) is 155 Å². The second kappa shape index (κ2) is 10.5. The van der Waals surface area contributed by atoms with E-state index < -0.39 is 53.5 Å². The number of aliphatic hydroxyl groups is 1. The minimum atomic E-state index is -2.05. The van der Waals surface area contributed by atoms with Crippen molar-refractivity contribution < 1.29 is 52.8 Å². The van der Waals surface area contributed by atoms with E-state index in [-0.39, 0.29) is 49.9 Å². The van der Waals surface area contributed by atoms with Crippen LogP contribution in [0.5, 0.6) is 11.5 Å². The Balaban J connectivity index is 1.94. The van der Waals surface area contributed by atoms with Crippen molar-refractivity contribution in [3.63, 3.8) is 0 Å². The van der Waals surface area contributed by atoms with Crippen LogP contribution in [-0.4, -0.2) is 79.4 Å². The highest BCUT2D eigenvalue weighted by molar-refractivity contribution is 6.03. The van der Waals surface area contributed by atoms with Gasteiger partial charge in [-0.15, -0.1) is 0 Å². The van der Waals surface area contributed by atoms with Crippen molar-refractivity contribution in [2.75, 3.05) is 27.4 Å². The molecular weight excluding hydrogens is 514 g/mol. The Labute approximate surface area is 225 Å². The number of amides is 1. The number of hydrogen-bond donors (Lipinski definition) is 1. The number of fused-ring (bicyclic) bond motifs is 1. The van der Waals surface area contributed by atoms with Gasteiger partial charge >= 0.3 is 18.1 Å². The van der Waals surface area contributed by atoms with E-state index in [4.69, 9.17) is 23.7 Å². The molecule has 1 aliphatic carbocycles. The highest BCUT2D eigenvalue weighted by Crippen LogP contribution is 2.64. The monoisotopic (exact) mass is 547 g/mol. The van der Waals surface area contributed by atoms with Crippen molar-refractivity contribution >= 4 is 29.8 Å². The van der Waals surface area contributed by atoms with Gasteiger partial charge in [-0.2, -0.15) is 0 Å². The molecule has 3 aliphatic rings. The Morgan fingerprint density at radius 2 is 1.77 bits per heavy atom. The number of rotatable bonds is 7. The van der Waals surface area contributed by atoms with Gasteiger partial charge in [0.15, 0.2) is 17.6 Å².